The van der Waals surface area contributed by atoms with Crippen LogP contribution in [0, 0.1) is 0 Å². The average molecular weight is 188 g/mol. The molecule has 0 aromatic heterocycles. The van der Waals surface area contributed by atoms with Crippen molar-refractivity contribution in [3.8, 4) is 0 Å². The van der Waals surface area contributed by atoms with Crippen molar-refractivity contribution in [2.45, 2.75) is 42.3 Å². The Labute approximate surface area is 78.3 Å². The van der Waals surface area contributed by atoms with Crippen molar-refractivity contribution in [2.24, 2.45) is 0 Å². The van der Waals surface area contributed by atoms with Crippen molar-refractivity contribution in [3.05, 3.63) is 0 Å². The molecule has 0 radical (unpaired) electrons. The summed E-state index contributed by atoms with van der Waals surface area (Å²) >= 11 is -0.139. The summed E-state index contributed by atoms with van der Waals surface area (Å²) in [5, 5.41) is 0. The molecule has 0 aromatic carbocycles. The summed E-state index contributed by atoms with van der Waals surface area (Å²) in [7, 11) is 1.23. The van der Waals surface area contributed by atoms with Crippen LogP contribution in [-0.2, 0) is 4.74 Å². The van der Waals surface area contributed by atoms with Crippen molar-refractivity contribution in [1.29, 1.82) is 0 Å². The first kappa shape index (κ1) is 11.7. The predicted molar refractivity (Wildman–Crippen MR) is 56.9 cm³/mol. The third-order valence-corrected chi connectivity index (χ3v) is 2.32. The van der Waals surface area contributed by atoms with Crippen molar-refractivity contribution < 1.29 is 4.74 Å². The average Bonchev–Trinajstić information content (AvgIpc) is 1.87. The van der Waals surface area contributed by atoms with Crippen LogP contribution in [-0.4, -0.2) is 36.7 Å². The number of hydrogen-bond acceptors (Lipinski definition) is 1. The Balaban J connectivity index is 0.000000218. The lowest BCUT2D eigenvalue weighted by Crippen LogP contribution is -2.18. The van der Waals surface area contributed by atoms with E-state index in [0.717, 1.165) is 6.61 Å². The van der Waals surface area contributed by atoms with E-state index in [4.69, 9.17) is 4.74 Å². The molecule has 0 N–H and O–H groups in total. The minimum atomic E-state index is -0.139. The van der Waals surface area contributed by atoms with Crippen molar-refractivity contribution in [1.82, 2.24) is 0 Å². The van der Waals surface area contributed by atoms with Gasteiger partial charge in [0.15, 0.2) is 0 Å². The largest absolute Gasteiger partial charge is 0.383 e. The maximum atomic E-state index is 5.34. The molecule has 66 valence electrons. The second kappa shape index (κ2) is 7.36. The summed E-state index contributed by atoms with van der Waals surface area (Å²) in [6.07, 6.45) is 4.01. The van der Waals surface area contributed by atoms with E-state index >= 15 is 0 Å². The highest BCUT2D eigenvalue weighted by Gasteiger charge is 2.05. The van der Waals surface area contributed by atoms with Crippen molar-refractivity contribution in [2.75, 3.05) is 6.61 Å². The number of hydrogen-bond donors (Lipinski definition) is 0. The van der Waals surface area contributed by atoms with Gasteiger partial charge in [-0.3, -0.25) is 0 Å². The molecule has 0 amide bonds. The summed E-state index contributed by atoms with van der Waals surface area (Å²) in [5.74, 6) is 6.92. The third kappa shape index (κ3) is 10.7. The predicted octanol–water partition coefficient (Wildman–Crippen LogP) is 1.25. The van der Waals surface area contributed by atoms with Gasteiger partial charge in [-0.15, -0.1) is 17.4 Å². The molecule has 1 saturated heterocycles. The highest BCUT2D eigenvalue weighted by molar-refractivity contribution is 6.54. The van der Waals surface area contributed by atoms with Crippen LogP contribution in [0.4, 0.5) is 0 Å². The quantitative estimate of drug-likeness (QED) is 0.520. The van der Waals surface area contributed by atoms with Gasteiger partial charge < -0.3 is 4.74 Å². The monoisotopic (exact) mass is 188 g/mol. The van der Waals surface area contributed by atoms with E-state index in [1.165, 1.54) is 29.5 Å². The Hall–Kier alpha value is 0.709. The molecule has 1 rings (SSSR count). The maximum absolute atomic E-state index is 5.34. The van der Waals surface area contributed by atoms with E-state index < -0.39 is 0 Å². The van der Waals surface area contributed by atoms with Crippen LogP contribution in [0.3, 0.4) is 0 Å². The third-order valence-electron chi connectivity index (χ3n) is 1.41. The minimum absolute atomic E-state index is 0.139. The first-order chi connectivity index (χ1) is 5.13. The molecular formula is C8H21AlOSi. The highest BCUT2D eigenvalue weighted by Crippen LogP contribution is 2.08. The maximum Gasteiger partial charge on any atom is 0.251 e. The van der Waals surface area contributed by atoms with Gasteiger partial charge in [0.25, 0.3) is 14.1 Å². The molecule has 1 heterocycles. The van der Waals surface area contributed by atoms with Crippen molar-refractivity contribution in [3.63, 3.8) is 0 Å². The Bertz CT molecular complexity index is 79.4. The van der Waals surface area contributed by atoms with E-state index in [1.54, 1.807) is 0 Å². The normalized spacial score (nSPS) is 23.7. The van der Waals surface area contributed by atoms with Crippen LogP contribution in [0.5, 0.6) is 0 Å². The van der Waals surface area contributed by atoms with E-state index in [9.17, 15) is 0 Å². The molecule has 3 heteroatoms. The molecule has 1 nitrogen and oxygen atoms in total. The minimum Gasteiger partial charge on any atom is -0.383 e. The Morgan fingerprint density at radius 3 is 2.00 bits per heavy atom. The van der Waals surface area contributed by atoms with Crippen LogP contribution in [0.2, 0.25) is 17.4 Å². The summed E-state index contributed by atoms with van der Waals surface area (Å²) in [6.45, 7) is 1.02. The number of ether oxygens (including phenoxy) is 1. The van der Waals surface area contributed by atoms with Crippen LogP contribution >= 0.6 is 0 Å². The van der Waals surface area contributed by atoms with Gasteiger partial charge in [-0.05, 0) is 19.3 Å². The molecule has 11 heavy (non-hydrogen) atoms. The van der Waals surface area contributed by atoms with Crippen molar-refractivity contribution >= 4 is 24.4 Å². The second-order valence-corrected chi connectivity index (χ2v) is 8.66. The molecule has 0 saturated carbocycles. The van der Waals surface area contributed by atoms with Crippen LogP contribution in [0.25, 0.3) is 0 Å². The van der Waals surface area contributed by atoms with Gasteiger partial charge in [-0.1, -0.05) is 0 Å². The SMILES string of the molecule is [CH3][Al]([CH3])[CH3].[SiH3]C1CCCCO1. The van der Waals surface area contributed by atoms with Gasteiger partial charge >= 0.3 is 0 Å². The van der Waals surface area contributed by atoms with Gasteiger partial charge in [0, 0.05) is 22.6 Å². The van der Waals surface area contributed by atoms with Gasteiger partial charge in [0.2, 0.25) is 0 Å². The molecule has 1 aliphatic heterocycles. The summed E-state index contributed by atoms with van der Waals surface area (Å²) < 4.78 is 5.34. The first-order valence-electron chi connectivity index (χ1n) is 4.74. The van der Waals surface area contributed by atoms with Gasteiger partial charge in [0.1, 0.15) is 0 Å². The zero-order valence-corrected chi connectivity index (χ0v) is 11.5. The smallest absolute Gasteiger partial charge is 0.251 e. The fraction of sp³-hybridized carbons (Fsp3) is 1.00. The molecule has 0 bridgehead atoms. The fourth-order valence-electron chi connectivity index (χ4n) is 0.902. The molecule has 0 aliphatic carbocycles. The van der Waals surface area contributed by atoms with Gasteiger partial charge in [-0.25, -0.2) is 0 Å². The standard InChI is InChI=1S/C5H12OSi.3CH3.Al/c7-5-3-1-2-4-6-5;;;;/h5H,1-4H2,7H3;3*1H3;. The first-order valence-corrected chi connectivity index (χ1v) is 9.36. The molecular weight excluding hydrogens is 167 g/mol. The lowest BCUT2D eigenvalue weighted by atomic mass is 10.2. The van der Waals surface area contributed by atoms with E-state index in [1.807, 2.05) is 0 Å². The summed E-state index contributed by atoms with van der Waals surface area (Å²) in [4.78, 5) is 0. The summed E-state index contributed by atoms with van der Waals surface area (Å²) in [5.41, 5.74) is 0.675. The van der Waals surface area contributed by atoms with E-state index in [2.05, 4.69) is 17.4 Å². The Kier molecular flexibility index (Phi) is 7.84. The zero-order chi connectivity index (χ0) is 8.69. The lowest BCUT2D eigenvalue weighted by molar-refractivity contribution is 0.0675. The molecule has 0 aromatic rings. The van der Waals surface area contributed by atoms with E-state index in [0.29, 0.717) is 5.73 Å². The molecule has 1 aliphatic rings. The van der Waals surface area contributed by atoms with Gasteiger partial charge in [0.05, 0.1) is 0 Å². The lowest BCUT2D eigenvalue weighted by Gasteiger charge is -2.17. The van der Waals surface area contributed by atoms with Gasteiger partial charge in [-0.2, -0.15) is 0 Å². The van der Waals surface area contributed by atoms with Crippen LogP contribution in [0.15, 0.2) is 0 Å². The van der Waals surface area contributed by atoms with Crippen LogP contribution < -0.4 is 0 Å². The topological polar surface area (TPSA) is 9.23 Å². The molecule has 0 spiro atoms. The zero-order valence-electron chi connectivity index (χ0n) is 8.39. The molecule has 1 fully saturated rings. The highest BCUT2D eigenvalue weighted by atomic mass is 28.1. The fourth-order valence-corrected chi connectivity index (χ4v) is 1.55. The van der Waals surface area contributed by atoms with Crippen LogP contribution in [0.1, 0.15) is 19.3 Å². The second-order valence-electron chi connectivity index (χ2n) is 3.91. The Morgan fingerprint density at radius 2 is 1.82 bits per heavy atom. The van der Waals surface area contributed by atoms with E-state index in [-0.39, 0.29) is 14.1 Å². The number of rotatable bonds is 0. The molecule has 1 atom stereocenters. The Morgan fingerprint density at radius 1 is 1.27 bits per heavy atom. The molecule has 1 unspecified atom stereocenters. The summed E-state index contributed by atoms with van der Waals surface area (Å²) in [6, 6.07) is 0.